The van der Waals surface area contributed by atoms with Crippen LogP contribution in [-0.2, 0) is 9.59 Å². The highest BCUT2D eigenvalue weighted by Gasteiger charge is 2.37. The Bertz CT molecular complexity index is 406. The molecule has 0 aromatic carbocycles. The third kappa shape index (κ3) is 3.20. The molecular formula is C15H24N2O3. The summed E-state index contributed by atoms with van der Waals surface area (Å²) in [4.78, 5) is 28.0. The predicted octanol–water partition coefficient (Wildman–Crippen LogP) is 1.21. The van der Waals surface area contributed by atoms with Crippen molar-refractivity contribution >= 4 is 11.9 Å². The Hall–Kier alpha value is -1.36. The van der Waals surface area contributed by atoms with E-state index in [9.17, 15) is 14.7 Å². The number of carbonyl (C=O) groups excluding carboxylic acids is 1. The highest BCUT2D eigenvalue weighted by atomic mass is 16.4. The van der Waals surface area contributed by atoms with Gasteiger partial charge in [-0.2, -0.15) is 0 Å². The van der Waals surface area contributed by atoms with Crippen LogP contribution in [0.1, 0.15) is 25.7 Å². The predicted molar refractivity (Wildman–Crippen MR) is 76.3 cm³/mol. The first-order chi connectivity index (χ1) is 9.50. The number of carboxylic acids is 1. The van der Waals surface area contributed by atoms with Gasteiger partial charge in [-0.05, 0) is 39.8 Å². The second-order valence-electron chi connectivity index (χ2n) is 6.04. The molecule has 0 bridgehead atoms. The molecule has 0 aromatic heterocycles. The summed E-state index contributed by atoms with van der Waals surface area (Å²) in [7, 11) is 4.06. The van der Waals surface area contributed by atoms with Crippen molar-refractivity contribution in [3.05, 3.63) is 12.2 Å². The number of amides is 1. The maximum Gasteiger partial charge on any atom is 0.307 e. The number of aliphatic carboxylic acids is 1. The number of piperidine rings is 1. The molecule has 0 saturated carbocycles. The van der Waals surface area contributed by atoms with Crippen LogP contribution in [0.25, 0.3) is 0 Å². The molecule has 3 unspecified atom stereocenters. The number of hydrogen-bond donors (Lipinski definition) is 1. The maximum atomic E-state index is 12.6. The third-order valence-corrected chi connectivity index (χ3v) is 4.51. The van der Waals surface area contributed by atoms with Gasteiger partial charge in [-0.1, -0.05) is 12.2 Å². The lowest BCUT2D eigenvalue weighted by Gasteiger charge is -2.38. The fourth-order valence-corrected chi connectivity index (χ4v) is 3.17. The Kier molecular flexibility index (Phi) is 4.81. The second-order valence-corrected chi connectivity index (χ2v) is 6.04. The van der Waals surface area contributed by atoms with Crippen molar-refractivity contribution in [3.63, 3.8) is 0 Å². The SMILES string of the molecule is CN(C)C1CCCN(C(=O)C2CC=CCC2C(=O)O)C1. The van der Waals surface area contributed by atoms with Crippen LogP contribution in [0.2, 0.25) is 0 Å². The molecule has 1 heterocycles. The van der Waals surface area contributed by atoms with Gasteiger partial charge in [0.25, 0.3) is 0 Å². The molecule has 1 saturated heterocycles. The van der Waals surface area contributed by atoms with Gasteiger partial charge in [-0.3, -0.25) is 9.59 Å². The summed E-state index contributed by atoms with van der Waals surface area (Å²) in [5.41, 5.74) is 0. The van der Waals surface area contributed by atoms with E-state index in [4.69, 9.17) is 0 Å². The normalized spacial score (nSPS) is 30.6. The first-order valence-electron chi connectivity index (χ1n) is 7.33. The largest absolute Gasteiger partial charge is 0.481 e. The molecule has 5 heteroatoms. The van der Waals surface area contributed by atoms with Gasteiger partial charge in [-0.25, -0.2) is 0 Å². The minimum atomic E-state index is -0.853. The number of allylic oxidation sites excluding steroid dienone is 2. The molecule has 1 N–H and O–H groups in total. The van der Waals surface area contributed by atoms with Crippen molar-refractivity contribution < 1.29 is 14.7 Å². The number of likely N-dealkylation sites (N-methyl/N-ethyl adjacent to an activating group) is 1. The fraction of sp³-hybridized carbons (Fsp3) is 0.733. The van der Waals surface area contributed by atoms with Crippen molar-refractivity contribution in [1.82, 2.24) is 9.80 Å². The van der Waals surface area contributed by atoms with Crippen LogP contribution >= 0.6 is 0 Å². The van der Waals surface area contributed by atoms with Crippen molar-refractivity contribution in [2.45, 2.75) is 31.7 Å². The highest BCUT2D eigenvalue weighted by molar-refractivity contribution is 5.85. The molecule has 20 heavy (non-hydrogen) atoms. The molecule has 1 aliphatic heterocycles. The number of carboxylic acid groups (broad SMARTS) is 1. The summed E-state index contributed by atoms with van der Waals surface area (Å²) >= 11 is 0. The maximum absolute atomic E-state index is 12.6. The Labute approximate surface area is 120 Å². The first-order valence-corrected chi connectivity index (χ1v) is 7.33. The van der Waals surface area contributed by atoms with E-state index in [2.05, 4.69) is 4.90 Å². The Balaban J connectivity index is 2.05. The number of carbonyl (C=O) groups is 2. The zero-order valence-electron chi connectivity index (χ0n) is 12.3. The molecule has 1 fully saturated rings. The van der Waals surface area contributed by atoms with Gasteiger partial charge in [-0.15, -0.1) is 0 Å². The molecule has 112 valence electrons. The van der Waals surface area contributed by atoms with E-state index in [-0.39, 0.29) is 5.91 Å². The van der Waals surface area contributed by atoms with Crippen LogP contribution in [0.3, 0.4) is 0 Å². The van der Waals surface area contributed by atoms with E-state index >= 15 is 0 Å². The van der Waals surface area contributed by atoms with Crippen LogP contribution in [0, 0.1) is 11.8 Å². The minimum Gasteiger partial charge on any atom is -0.481 e. The lowest BCUT2D eigenvalue weighted by molar-refractivity contribution is -0.151. The van der Waals surface area contributed by atoms with Crippen molar-refractivity contribution in [2.24, 2.45) is 11.8 Å². The van der Waals surface area contributed by atoms with Gasteiger partial charge in [0.05, 0.1) is 11.8 Å². The fourth-order valence-electron chi connectivity index (χ4n) is 3.17. The number of hydrogen-bond acceptors (Lipinski definition) is 3. The zero-order chi connectivity index (χ0) is 14.7. The molecule has 0 aromatic rings. The van der Waals surface area contributed by atoms with Gasteiger partial charge in [0.1, 0.15) is 0 Å². The standard InChI is InChI=1S/C15H24N2O3/c1-16(2)11-6-5-9-17(10-11)14(18)12-7-3-4-8-13(12)15(19)20/h3-4,11-13H,5-10H2,1-2H3,(H,19,20). The minimum absolute atomic E-state index is 0.0216. The summed E-state index contributed by atoms with van der Waals surface area (Å²) in [5, 5.41) is 9.28. The molecule has 0 spiro atoms. The van der Waals surface area contributed by atoms with Gasteiger partial charge < -0.3 is 14.9 Å². The van der Waals surface area contributed by atoms with Crippen molar-refractivity contribution in [2.75, 3.05) is 27.2 Å². The lowest BCUT2D eigenvalue weighted by Crippen LogP contribution is -2.50. The van der Waals surface area contributed by atoms with E-state index in [1.54, 1.807) is 0 Å². The molecule has 2 rings (SSSR count). The molecule has 0 radical (unpaired) electrons. The summed E-state index contributed by atoms with van der Waals surface area (Å²) < 4.78 is 0. The summed E-state index contributed by atoms with van der Waals surface area (Å²) in [6.07, 6.45) is 6.94. The Morgan fingerprint density at radius 1 is 1.20 bits per heavy atom. The smallest absolute Gasteiger partial charge is 0.307 e. The van der Waals surface area contributed by atoms with Crippen LogP contribution in [-0.4, -0.2) is 60.0 Å². The molecule has 1 aliphatic carbocycles. The number of rotatable bonds is 3. The van der Waals surface area contributed by atoms with E-state index in [0.717, 1.165) is 25.9 Å². The lowest BCUT2D eigenvalue weighted by atomic mass is 9.81. The average molecular weight is 280 g/mol. The highest BCUT2D eigenvalue weighted by Crippen LogP contribution is 2.29. The monoisotopic (exact) mass is 280 g/mol. The van der Waals surface area contributed by atoms with E-state index in [1.165, 1.54) is 0 Å². The van der Waals surface area contributed by atoms with Crippen LogP contribution in [0.5, 0.6) is 0 Å². The Morgan fingerprint density at radius 2 is 1.85 bits per heavy atom. The molecular weight excluding hydrogens is 256 g/mol. The van der Waals surface area contributed by atoms with Crippen molar-refractivity contribution in [1.29, 1.82) is 0 Å². The van der Waals surface area contributed by atoms with Crippen LogP contribution in [0.15, 0.2) is 12.2 Å². The van der Waals surface area contributed by atoms with E-state index in [1.807, 2.05) is 31.1 Å². The van der Waals surface area contributed by atoms with E-state index < -0.39 is 17.8 Å². The topological polar surface area (TPSA) is 60.9 Å². The zero-order valence-corrected chi connectivity index (χ0v) is 12.3. The van der Waals surface area contributed by atoms with Gasteiger partial charge in [0.15, 0.2) is 0 Å². The van der Waals surface area contributed by atoms with Gasteiger partial charge in [0, 0.05) is 19.1 Å². The number of nitrogens with zero attached hydrogens (tertiary/aromatic N) is 2. The molecule has 2 aliphatic rings. The molecule has 1 amide bonds. The molecule has 5 nitrogen and oxygen atoms in total. The van der Waals surface area contributed by atoms with Gasteiger partial charge >= 0.3 is 5.97 Å². The van der Waals surface area contributed by atoms with Crippen LogP contribution < -0.4 is 0 Å². The average Bonchev–Trinajstić information content (AvgIpc) is 2.46. The van der Waals surface area contributed by atoms with E-state index in [0.29, 0.717) is 18.9 Å². The third-order valence-electron chi connectivity index (χ3n) is 4.51. The summed E-state index contributed by atoms with van der Waals surface area (Å²) in [6.45, 7) is 1.48. The second kappa shape index (κ2) is 6.39. The quantitative estimate of drug-likeness (QED) is 0.789. The summed E-state index contributed by atoms with van der Waals surface area (Å²) in [6, 6.07) is 0.384. The molecule has 3 atom stereocenters. The number of likely N-dealkylation sites (tertiary alicyclic amines) is 1. The first kappa shape index (κ1) is 15.0. The summed E-state index contributed by atoms with van der Waals surface area (Å²) in [5.74, 6) is -1.78. The van der Waals surface area contributed by atoms with Crippen LogP contribution in [0.4, 0.5) is 0 Å². The Morgan fingerprint density at radius 3 is 2.45 bits per heavy atom. The van der Waals surface area contributed by atoms with Gasteiger partial charge in [0.2, 0.25) is 5.91 Å². The van der Waals surface area contributed by atoms with Crippen molar-refractivity contribution in [3.8, 4) is 0 Å².